The van der Waals surface area contributed by atoms with Crippen LogP contribution in [0.4, 0.5) is 0 Å². The molecule has 0 aliphatic heterocycles. The van der Waals surface area contributed by atoms with Crippen LogP contribution in [0.3, 0.4) is 0 Å². The molecular weight excluding hydrogens is 406 g/mol. The van der Waals surface area contributed by atoms with E-state index in [1.807, 2.05) is 18.2 Å². The minimum atomic E-state index is -0.553. The normalized spacial score (nSPS) is 32.4. The second-order valence-electron chi connectivity index (χ2n) is 11.1. The number of aliphatic hydroxyl groups is 1. The zero-order chi connectivity index (χ0) is 23.2. The van der Waals surface area contributed by atoms with Crippen LogP contribution in [-0.2, 0) is 25.9 Å². The third-order valence-corrected chi connectivity index (χ3v) is 9.60. The highest BCUT2D eigenvalue weighted by molar-refractivity contribution is 5.54. The number of benzene rings is 2. The molecule has 0 spiro atoms. The highest BCUT2D eigenvalue weighted by atomic mass is 16.5. The van der Waals surface area contributed by atoms with Gasteiger partial charge in [-0.3, -0.25) is 0 Å². The summed E-state index contributed by atoms with van der Waals surface area (Å²) in [6, 6.07) is 15.1. The quantitative estimate of drug-likeness (QED) is 0.574. The summed E-state index contributed by atoms with van der Waals surface area (Å²) in [4.78, 5) is 0. The lowest BCUT2D eigenvalue weighted by Crippen LogP contribution is -2.49. The van der Waals surface area contributed by atoms with Gasteiger partial charge in [-0.2, -0.15) is 5.26 Å². The van der Waals surface area contributed by atoms with Gasteiger partial charge in [-0.05, 0) is 109 Å². The fourth-order valence-electron chi connectivity index (χ4n) is 7.64. The molecule has 0 aromatic heterocycles. The zero-order valence-electron chi connectivity index (χ0n) is 20.4. The van der Waals surface area contributed by atoms with Gasteiger partial charge in [-0.1, -0.05) is 44.2 Å². The van der Waals surface area contributed by atoms with Crippen molar-refractivity contribution in [1.82, 2.24) is 0 Å². The van der Waals surface area contributed by atoms with Gasteiger partial charge < -0.3 is 9.84 Å². The molecule has 3 aliphatic rings. The van der Waals surface area contributed by atoms with Gasteiger partial charge in [0.25, 0.3) is 0 Å². The molecule has 174 valence electrons. The molecule has 2 saturated carbocycles. The molecule has 0 bridgehead atoms. The number of nitriles is 1. The highest BCUT2D eigenvalue weighted by Gasteiger charge is 2.59. The fourth-order valence-corrected chi connectivity index (χ4v) is 7.64. The maximum Gasteiger partial charge on any atom is 0.123 e. The topological polar surface area (TPSA) is 53.2 Å². The van der Waals surface area contributed by atoms with Crippen molar-refractivity contribution >= 4 is 0 Å². The van der Waals surface area contributed by atoms with Crippen LogP contribution >= 0.6 is 0 Å². The lowest BCUT2D eigenvalue weighted by Gasteiger charge is -2.53. The first-order valence-electron chi connectivity index (χ1n) is 12.8. The summed E-state index contributed by atoms with van der Waals surface area (Å²) in [5.41, 5.74) is 5.96. The van der Waals surface area contributed by atoms with Crippen molar-refractivity contribution in [3.8, 4) is 11.8 Å². The maximum absolute atomic E-state index is 11.2. The van der Waals surface area contributed by atoms with Gasteiger partial charge in [-0.25, -0.2) is 0 Å². The van der Waals surface area contributed by atoms with Gasteiger partial charge >= 0.3 is 0 Å². The van der Waals surface area contributed by atoms with Crippen molar-refractivity contribution in [2.24, 2.45) is 17.3 Å². The number of hydrogen-bond acceptors (Lipinski definition) is 3. The average molecular weight is 444 g/mol. The molecule has 1 N–H and O–H groups in total. The molecule has 5 atom stereocenters. The van der Waals surface area contributed by atoms with Crippen molar-refractivity contribution in [2.75, 3.05) is 0 Å². The predicted octanol–water partition coefficient (Wildman–Crippen LogP) is 6.50. The van der Waals surface area contributed by atoms with Crippen molar-refractivity contribution in [1.29, 1.82) is 5.26 Å². The van der Waals surface area contributed by atoms with E-state index in [2.05, 4.69) is 45.0 Å². The Hall–Kier alpha value is -2.31. The van der Waals surface area contributed by atoms with E-state index in [4.69, 9.17) is 4.74 Å². The van der Waals surface area contributed by atoms with Gasteiger partial charge in [0.1, 0.15) is 12.4 Å². The molecule has 0 radical (unpaired) electrons. The Kier molecular flexibility index (Phi) is 5.78. The summed E-state index contributed by atoms with van der Waals surface area (Å²) in [7, 11) is 0. The molecule has 3 aliphatic carbocycles. The maximum atomic E-state index is 11.2. The molecule has 0 unspecified atom stereocenters. The molecule has 2 fully saturated rings. The fraction of sp³-hybridized carbons (Fsp3) is 0.567. The van der Waals surface area contributed by atoms with E-state index in [1.54, 1.807) is 0 Å². The average Bonchev–Trinajstić information content (AvgIpc) is 3.07. The van der Waals surface area contributed by atoms with Gasteiger partial charge in [-0.15, -0.1) is 0 Å². The molecule has 0 heterocycles. The summed E-state index contributed by atoms with van der Waals surface area (Å²) in [5, 5.41) is 21.0. The van der Waals surface area contributed by atoms with Crippen molar-refractivity contribution in [3.05, 3.63) is 64.2 Å². The lowest BCUT2D eigenvalue weighted by atomic mass is 9.53. The van der Waals surface area contributed by atoms with Crippen LogP contribution in [0.1, 0.15) is 86.6 Å². The number of fused-ring (bicyclic) bond motifs is 5. The standard InChI is InChI=1S/C30H37NO2/c1-4-22-25(14-17-31)28-21(18-27(22)33-19-20-8-6-5-7-9-20)10-11-23-24(28)12-15-29(2)26(23)13-16-30(29,3)32/h5-9,18,23-24,26,32H,4,10-16,19H2,1-3H3/t23-,24+,26+,29+,30+/m1/s1. The Morgan fingerprint density at radius 1 is 1.09 bits per heavy atom. The predicted molar refractivity (Wildman–Crippen MR) is 131 cm³/mol. The Labute approximate surface area is 198 Å². The molecule has 33 heavy (non-hydrogen) atoms. The molecule has 2 aromatic carbocycles. The summed E-state index contributed by atoms with van der Waals surface area (Å²) < 4.78 is 6.37. The number of hydrogen-bond donors (Lipinski definition) is 1. The van der Waals surface area contributed by atoms with E-state index in [0.717, 1.165) is 44.3 Å². The molecule has 3 nitrogen and oxygen atoms in total. The summed E-state index contributed by atoms with van der Waals surface area (Å²) in [6.45, 7) is 7.14. The molecule has 5 rings (SSSR count). The minimum Gasteiger partial charge on any atom is -0.489 e. The smallest absolute Gasteiger partial charge is 0.123 e. The third kappa shape index (κ3) is 3.58. The number of ether oxygens (including phenoxy) is 1. The Balaban J connectivity index is 1.52. The third-order valence-electron chi connectivity index (χ3n) is 9.60. The second-order valence-corrected chi connectivity index (χ2v) is 11.1. The van der Waals surface area contributed by atoms with Crippen LogP contribution in [0.5, 0.6) is 5.75 Å². The van der Waals surface area contributed by atoms with Crippen LogP contribution in [-0.4, -0.2) is 10.7 Å². The monoisotopic (exact) mass is 443 g/mol. The summed E-state index contributed by atoms with van der Waals surface area (Å²) in [5.74, 6) is 2.67. The lowest BCUT2D eigenvalue weighted by molar-refractivity contribution is -0.0902. The molecule has 2 aromatic rings. The number of aryl methyl sites for hydroxylation is 1. The minimum absolute atomic E-state index is 0.0212. The first kappa shape index (κ1) is 22.5. The van der Waals surface area contributed by atoms with Crippen LogP contribution in [0, 0.1) is 28.6 Å². The summed E-state index contributed by atoms with van der Waals surface area (Å²) in [6.07, 6.45) is 7.81. The zero-order valence-corrected chi connectivity index (χ0v) is 20.4. The van der Waals surface area contributed by atoms with E-state index in [-0.39, 0.29) is 5.41 Å². The molecule has 3 heteroatoms. The van der Waals surface area contributed by atoms with E-state index < -0.39 is 5.60 Å². The van der Waals surface area contributed by atoms with Crippen molar-refractivity contribution < 1.29 is 9.84 Å². The van der Waals surface area contributed by atoms with E-state index >= 15 is 0 Å². The van der Waals surface area contributed by atoms with Crippen LogP contribution in [0.15, 0.2) is 36.4 Å². The Morgan fingerprint density at radius 2 is 1.88 bits per heavy atom. The van der Waals surface area contributed by atoms with Crippen LogP contribution in [0.25, 0.3) is 0 Å². The van der Waals surface area contributed by atoms with Crippen LogP contribution in [0.2, 0.25) is 0 Å². The van der Waals surface area contributed by atoms with E-state index in [1.165, 1.54) is 34.2 Å². The van der Waals surface area contributed by atoms with Crippen LogP contribution < -0.4 is 4.74 Å². The van der Waals surface area contributed by atoms with Crippen molar-refractivity contribution in [2.45, 2.75) is 90.3 Å². The van der Waals surface area contributed by atoms with Gasteiger partial charge in [0.05, 0.1) is 18.1 Å². The molecule has 0 saturated heterocycles. The first-order chi connectivity index (χ1) is 15.9. The van der Waals surface area contributed by atoms with Gasteiger partial charge in [0, 0.05) is 0 Å². The SMILES string of the molecule is CCc1c(OCc2ccccc2)cc2c(c1CC#N)[C@H]1CC[C@@]3(C)[C@@H](CC[C@]3(C)O)[C@@H]1CC2. The summed E-state index contributed by atoms with van der Waals surface area (Å²) >= 11 is 0. The highest BCUT2D eigenvalue weighted by Crippen LogP contribution is 2.64. The number of rotatable bonds is 5. The Bertz CT molecular complexity index is 1070. The van der Waals surface area contributed by atoms with Gasteiger partial charge in [0.15, 0.2) is 0 Å². The molecule has 0 amide bonds. The number of nitrogens with zero attached hydrogens (tertiary/aromatic N) is 1. The van der Waals surface area contributed by atoms with E-state index in [0.29, 0.717) is 30.8 Å². The second kappa shape index (κ2) is 8.48. The molecular formula is C30H37NO2. The Morgan fingerprint density at radius 3 is 2.61 bits per heavy atom. The largest absolute Gasteiger partial charge is 0.489 e. The van der Waals surface area contributed by atoms with E-state index in [9.17, 15) is 10.4 Å². The first-order valence-corrected chi connectivity index (χ1v) is 12.8. The van der Waals surface area contributed by atoms with Gasteiger partial charge in [0.2, 0.25) is 0 Å². The van der Waals surface area contributed by atoms with Crippen molar-refractivity contribution in [3.63, 3.8) is 0 Å².